The van der Waals surface area contributed by atoms with E-state index < -0.39 is 6.03 Å². The molecule has 6 nitrogen and oxygen atoms in total. The van der Waals surface area contributed by atoms with Crippen LogP contribution in [0.4, 0.5) is 4.79 Å². The number of primary amides is 1. The standard InChI is InChI=1S/C10H9N5O/c11-10(16)15-13-6-7-5-12-8-3-1-2-4-9(8)14-7/h1-6H,(H3,11,15,16)/b13-6+. The Labute approximate surface area is 91.2 Å². The number of aromatic nitrogens is 2. The molecule has 0 unspecified atom stereocenters. The number of nitrogens with zero attached hydrogens (tertiary/aromatic N) is 3. The van der Waals surface area contributed by atoms with Crippen molar-refractivity contribution in [2.24, 2.45) is 10.8 Å². The summed E-state index contributed by atoms with van der Waals surface area (Å²) in [7, 11) is 0. The molecule has 1 aromatic carbocycles. The number of hydrazone groups is 1. The fourth-order valence-corrected chi connectivity index (χ4v) is 1.20. The number of hydrogen-bond acceptors (Lipinski definition) is 4. The molecule has 0 atom stereocenters. The van der Waals surface area contributed by atoms with Gasteiger partial charge in [0.1, 0.15) is 5.69 Å². The summed E-state index contributed by atoms with van der Waals surface area (Å²) >= 11 is 0. The maximum atomic E-state index is 10.4. The van der Waals surface area contributed by atoms with Crippen molar-refractivity contribution in [1.29, 1.82) is 0 Å². The molecule has 0 saturated heterocycles. The van der Waals surface area contributed by atoms with Gasteiger partial charge in [0.05, 0.1) is 23.4 Å². The number of nitrogens with two attached hydrogens (primary N) is 1. The number of carbonyl (C=O) groups excluding carboxylic acids is 1. The Bertz CT molecular complexity index is 552. The summed E-state index contributed by atoms with van der Waals surface area (Å²) in [6.45, 7) is 0. The first-order valence-corrected chi connectivity index (χ1v) is 4.56. The minimum Gasteiger partial charge on any atom is -0.350 e. The van der Waals surface area contributed by atoms with Gasteiger partial charge in [0, 0.05) is 0 Å². The van der Waals surface area contributed by atoms with Gasteiger partial charge in [0.2, 0.25) is 0 Å². The highest BCUT2D eigenvalue weighted by Crippen LogP contribution is 2.07. The van der Waals surface area contributed by atoms with E-state index in [0.717, 1.165) is 11.0 Å². The molecule has 1 aromatic heterocycles. The summed E-state index contributed by atoms with van der Waals surface area (Å²) in [5.41, 5.74) is 9.06. The van der Waals surface area contributed by atoms with Gasteiger partial charge in [-0.05, 0) is 12.1 Å². The van der Waals surface area contributed by atoms with E-state index >= 15 is 0 Å². The summed E-state index contributed by atoms with van der Waals surface area (Å²) < 4.78 is 0. The molecule has 6 heteroatoms. The number of carbonyl (C=O) groups is 1. The lowest BCUT2D eigenvalue weighted by atomic mass is 10.3. The largest absolute Gasteiger partial charge is 0.350 e. The Morgan fingerprint density at radius 3 is 2.88 bits per heavy atom. The first-order chi connectivity index (χ1) is 7.75. The molecule has 16 heavy (non-hydrogen) atoms. The van der Waals surface area contributed by atoms with Crippen molar-refractivity contribution in [3.05, 3.63) is 36.2 Å². The molecule has 80 valence electrons. The lowest BCUT2D eigenvalue weighted by Crippen LogP contribution is -2.24. The number of benzene rings is 1. The zero-order chi connectivity index (χ0) is 11.4. The van der Waals surface area contributed by atoms with Crippen LogP contribution in [-0.2, 0) is 0 Å². The SMILES string of the molecule is NC(=O)N/N=C/c1cnc2ccccc2n1. The van der Waals surface area contributed by atoms with E-state index in [2.05, 4.69) is 20.5 Å². The topological polar surface area (TPSA) is 93.3 Å². The second kappa shape index (κ2) is 4.35. The van der Waals surface area contributed by atoms with Gasteiger partial charge >= 0.3 is 6.03 Å². The average molecular weight is 215 g/mol. The minimum absolute atomic E-state index is 0.549. The Balaban J connectivity index is 2.26. The minimum atomic E-state index is -0.718. The molecule has 0 aliphatic carbocycles. The highest BCUT2D eigenvalue weighted by Gasteiger charge is 1.96. The second-order valence-corrected chi connectivity index (χ2v) is 3.02. The van der Waals surface area contributed by atoms with E-state index in [0.29, 0.717) is 5.69 Å². The smallest absolute Gasteiger partial charge is 0.332 e. The summed E-state index contributed by atoms with van der Waals surface area (Å²) in [6.07, 6.45) is 2.94. The molecule has 0 aliphatic rings. The van der Waals surface area contributed by atoms with E-state index in [1.807, 2.05) is 24.3 Å². The Morgan fingerprint density at radius 1 is 1.38 bits per heavy atom. The monoisotopic (exact) mass is 215 g/mol. The van der Waals surface area contributed by atoms with Gasteiger partial charge < -0.3 is 5.73 Å². The van der Waals surface area contributed by atoms with Crippen LogP contribution in [0.5, 0.6) is 0 Å². The molecular weight excluding hydrogens is 206 g/mol. The van der Waals surface area contributed by atoms with Crippen LogP contribution in [0.25, 0.3) is 11.0 Å². The molecule has 0 radical (unpaired) electrons. The maximum Gasteiger partial charge on any atom is 0.332 e. The van der Waals surface area contributed by atoms with Gasteiger partial charge in [-0.2, -0.15) is 5.10 Å². The molecular formula is C10H9N5O. The number of nitrogens with one attached hydrogen (secondary N) is 1. The van der Waals surface area contributed by atoms with Crippen LogP contribution in [0.3, 0.4) is 0 Å². The van der Waals surface area contributed by atoms with Gasteiger partial charge in [-0.15, -0.1) is 0 Å². The van der Waals surface area contributed by atoms with Crippen LogP contribution in [-0.4, -0.2) is 22.2 Å². The van der Waals surface area contributed by atoms with Gasteiger partial charge in [-0.25, -0.2) is 15.2 Å². The summed E-state index contributed by atoms with van der Waals surface area (Å²) in [6, 6.07) is 6.76. The number of urea groups is 1. The van der Waals surface area contributed by atoms with Crippen molar-refractivity contribution >= 4 is 23.3 Å². The van der Waals surface area contributed by atoms with Crippen LogP contribution in [0.1, 0.15) is 5.69 Å². The predicted molar refractivity (Wildman–Crippen MR) is 59.9 cm³/mol. The first-order valence-electron chi connectivity index (χ1n) is 4.56. The summed E-state index contributed by atoms with van der Waals surface area (Å²) in [5, 5.41) is 3.60. The van der Waals surface area contributed by atoms with Gasteiger partial charge in [-0.3, -0.25) is 4.98 Å². The van der Waals surface area contributed by atoms with Crippen LogP contribution in [0.15, 0.2) is 35.6 Å². The van der Waals surface area contributed by atoms with Crippen molar-refractivity contribution in [2.45, 2.75) is 0 Å². The molecule has 0 spiro atoms. The van der Waals surface area contributed by atoms with Crippen molar-refractivity contribution in [2.75, 3.05) is 0 Å². The third-order valence-electron chi connectivity index (χ3n) is 1.84. The Morgan fingerprint density at radius 2 is 2.12 bits per heavy atom. The van der Waals surface area contributed by atoms with E-state index in [4.69, 9.17) is 5.73 Å². The van der Waals surface area contributed by atoms with Gasteiger partial charge in [0.25, 0.3) is 0 Å². The zero-order valence-corrected chi connectivity index (χ0v) is 8.29. The molecule has 0 bridgehead atoms. The summed E-state index contributed by atoms with van der Waals surface area (Å²) in [5.74, 6) is 0. The van der Waals surface area contributed by atoms with Gasteiger partial charge in [0.15, 0.2) is 0 Å². The quantitative estimate of drug-likeness (QED) is 0.568. The number of hydrogen-bond donors (Lipinski definition) is 2. The average Bonchev–Trinajstić information content (AvgIpc) is 2.28. The van der Waals surface area contributed by atoms with E-state index in [1.165, 1.54) is 6.21 Å². The van der Waals surface area contributed by atoms with Crippen molar-refractivity contribution in [3.8, 4) is 0 Å². The molecule has 0 fully saturated rings. The zero-order valence-electron chi connectivity index (χ0n) is 8.29. The maximum absolute atomic E-state index is 10.4. The van der Waals surface area contributed by atoms with Crippen molar-refractivity contribution in [3.63, 3.8) is 0 Å². The molecule has 1 heterocycles. The van der Waals surface area contributed by atoms with E-state index in [1.54, 1.807) is 6.20 Å². The number of rotatable bonds is 2. The molecule has 2 rings (SSSR count). The van der Waals surface area contributed by atoms with Crippen LogP contribution in [0, 0.1) is 0 Å². The number of fused-ring (bicyclic) bond motifs is 1. The van der Waals surface area contributed by atoms with Crippen LogP contribution >= 0.6 is 0 Å². The predicted octanol–water partition coefficient (Wildman–Crippen LogP) is 0.632. The lowest BCUT2D eigenvalue weighted by Gasteiger charge is -1.96. The lowest BCUT2D eigenvalue weighted by molar-refractivity contribution is 0.249. The Kier molecular flexibility index (Phi) is 2.73. The number of para-hydroxylation sites is 2. The van der Waals surface area contributed by atoms with Gasteiger partial charge in [-0.1, -0.05) is 12.1 Å². The van der Waals surface area contributed by atoms with Crippen molar-refractivity contribution < 1.29 is 4.79 Å². The van der Waals surface area contributed by atoms with Crippen molar-refractivity contribution in [1.82, 2.24) is 15.4 Å². The third-order valence-corrected chi connectivity index (χ3v) is 1.84. The fraction of sp³-hybridized carbons (Fsp3) is 0. The highest BCUT2D eigenvalue weighted by molar-refractivity contribution is 5.83. The van der Waals surface area contributed by atoms with E-state index in [9.17, 15) is 4.79 Å². The summed E-state index contributed by atoms with van der Waals surface area (Å²) in [4.78, 5) is 18.8. The molecule has 0 aliphatic heterocycles. The normalized spacial score (nSPS) is 10.8. The second-order valence-electron chi connectivity index (χ2n) is 3.02. The number of amides is 2. The highest BCUT2D eigenvalue weighted by atomic mass is 16.2. The Hall–Kier alpha value is -2.50. The molecule has 2 amide bonds. The molecule has 0 saturated carbocycles. The first kappa shape index (κ1) is 10.0. The van der Waals surface area contributed by atoms with E-state index in [-0.39, 0.29) is 0 Å². The molecule has 2 aromatic rings. The molecule has 3 N–H and O–H groups in total. The van der Waals surface area contributed by atoms with Crippen LogP contribution < -0.4 is 11.2 Å². The third kappa shape index (κ3) is 2.30. The fourth-order valence-electron chi connectivity index (χ4n) is 1.20. The van der Waals surface area contributed by atoms with Crippen LogP contribution in [0.2, 0.25) is 0 Å².